The van der Waals surface area contributed by atoms with E-state index in [1.807, 2.05) is 6.92 Å². The number of carbonyl (C=O) groups excluding carboxylic acids is 1. The van der Waals surface area contributed by atoms with E-state index in [0.717, 1.165) is 6.42 Å². The average Bonchev–Trinajstić information content (AvgIpc) is 2.05. The molecule has 0 fully saturated rings. The maximum absolute atomic E-state index is 10.4. The summed E-state index contributed by atoms with van der Waals surface area (Å²) in [4.78, 5) is 11.8. The molecule has 0 rings (SSSR count). The van der Waals surface area contributed by atoms with E-state index in [4.69, 9.17) is 10.2 Å². The van der Waals surface area contributed by atoms with Crippen LogP contribution in [-0.2, 0) is 4.79 Å². The molecule has 0 aromatic carbocycles. The summed E-state index contributed by atoms with van der Waals surface area (Å²) < 4.78 is 0. The van der Waals surface area contributed by atoms with Crippen molar-refractivity contribution in [2.24, 2.45) is 0 Å². The number of aliphatic hydroxyl groups is 2. The van der Waals surface area contributed by atoms with Crippen LogP contribution in [0.1, 0.15) is 13.3 Å². The second-order valence-electron chi connectivity index (χ2n) is 2.36. The molecule has 4 heteroatoms. The quantitative estimate of drug-likeness (QED) is 0.502. The lowest BCUT2D eigenvalue weighted by Gasteiger charge is -2.24. The highest BCUT2D eigenvalue weighted by molar-refractivity contribution is 5.47. The minimum absolute atomic E-state index is 0.185. The Hall–Kier alpha value is -0.610. The summed E-state index contributed by atoms with van der Waals surface area (Å²) >= 11 is 0. The van der Waals surface area contributed by atoms with Crippen molar-refractivity contribution in [3.8, 4) is 0 Å². The largest absolute Gasteiger partial charge is 0.394 e. The lowest BCUT2D eigenvalue weighted by Crippen LogP contribution is -2.40. The number of hydrogen-bond acceptors (Lipinski definition) is 3. The van der Waals surface area contributed by atoms with Crippen LogP contribution < -0.4 is 0 Å². The summed E-state index contributed by atoms with van der Waals surface area (Å²) in [5, 5.41) is 17.4. The van der Waals surface area contributed by atoms with E-state index < -0.39 is 6.04 Å². The molecule has 1 amide bonds. The maximum Gasteiger partial charge on any atom is 0.210 e. The third kappa shape index (κ3) is 3.34. The predicted molar refractivity (Wildman–Crippen MR) is 41.0 cm³/mol. The number of amides is 1. The van der Waals surface area contributed by atoms with Crippen molar-refractivity contribution in [2.75, 3.05) is 19.8 Å². The summed E-state index contributed by atoms with van der Waals surface area (Å²) in [5.74, 6) is 0. The normalized spacial score (nSPS) is 10.2. The fourth-order valence-corrected chi connectivity index (χ4v) is 0.847. The van der Waals surface area contributed by atoms with E-state index >= 15 is 0 Å². The van der Waals surface area contributed by atoms with Crippen LogP contribution in [0.15, 0.2) is 0 Å². The Morgan fingerprint density at radius 1 is 1.45 bits per heavy atom. The third-order valence-corrected chi connectivity index (χ3v) is 1.51. The number of rotatable bonds is 6. The van der Waals surface area contributed by atoms with Crippen molar-refractivity contribution < 1.29 is 15.0 Å². The van der Waals surface area contributed by atoms with Gasteiger partial charge in [-0.15, -0.1) is 0 Å². The lowest BCUT2D eigenvalue weighted by molar-refractivity contribution is -0.122. The molecule has 11 heavy (non-hydrogen) atoms. The zero-order valence-electron chi connectivity index (χ0n) is 6.73. The molecule has 0 saturated carbocycles. The Morgan fingerprint density at radius 3 is 2.27 bits per heavy atom. The molecule has 0 saturated heterocycles. The molecular weight excluding hydrogens is 146 g/mol. The van der Waals surface area contributed by atoms with E-state index in [-0.39, 0.29) is 13.2 Å². The molecule has 0 spiro atoms. The van der Waals surface area contributed by atoms with Gasteiger partial charge < -0.3 is 15.1 Å². The summed E-state index contributed by atoms with van der Waals surface area (Å²) in [6, 6.07) is -0.438. The smallest absolute Gasteiger partial charge is 0.210 e. The zero-order chi connectivity index (χ0) is 8.69. The topological polar surface area (TPSA) is 60.8 Å². The van der Waals surface area contributed by atoms with Crippen molar-refractivity contribution in [1.82, 2.24) is 4.90 Å². The molecule has 0 aromatic rings. The van der Waals surface area contributed by atoms with Gasteiger partial charge in [-0.25, -0.2) is 0 Å². The first kappa shape index (κ1) is 10.4. The summed E-state index contributed by atoms with van der Waals surface area (Å²) in [7, 11) is 0. The first-order valence-corrected chi connectivity index (χ1v) is 3.72. The van der Waals surface area contributed by atoms with Crippen LogP contribution in [0.3, 0.4) is 0 Å². The zero-order valence-corrected chi connectivity index (χ0v) is 6.73. The lowest BCUT2D eigenvalue weighted by atomic mass is 10.3. The molecule has 0 unspecified atom stereocenters. The first-order chi connectivity index (χ1) is 5.29. The Balaban J connectivity index is 3.86. The van der Waals surface area contributed by atoms with Crippen LogP contribution in [0.2, 0.25) is 0 Å². The van der Waals surface area contributed by atoms with Gasteiger partial charge in [0, 0.05) is 6.54 Å². The molecule has 0 aliphatic heterocycles. The molecule has 0 heterocycles. The minimum Gasteiger partial charge on any atom is -0.394 e. The van der Waals surface area contributed by atoms with Gasteiger partial charge in [-0.2, -0.15) is 0 Å². The molecule has 0 radical (unpaired) electrons. The van der Waals surface area contributed by atoms with E-state index in [0.29, 0.717) is 13.0 Å². The molecule has 0 atom stereocenters. The van der Waals surface area contributed by atoms with Crippen LogP contribution in [0.25, 0.3) is 0 Å². The Kier molecular flexibility index (Phi) is 5.78. The maximum atomic E-state index is 10.4. The van der Waals surface area contributed by atoms with Gasteiger partial charge in [0.25, 0.3) is 0 Å². The van der Waals surface area contributed by atoms with Crippen molar-refractivity contribution >= 4 is 6.41 Å². The number of aliphatic hydroxyl groups excluding tert-OH is 2. The van der Waals surface area contributed by atoms with Gasteiger partial charge in [-0.1, -0.05) is 6.92 Å². The minimum atomic E-state index is -0.438. The van der Waals surface area contributed by atoms with Gasteiger partial charge in [0.2, 0.25) is 6.41 Å². The van der Waals surface area contributed by atoms with Crippen molar-refractivity contribution in [3.05, 3.63) is 0 Å². The molecular formula is C7H15NO3. The van der Waals surface area contributed by atoms with Crippen LogP contribution in [0.4, 0.5) is 0 Å². The fourth-order valence-electron chi connectivity index (χ4n) is 0.847. The highest BCUT2D eigenvalue weighted by Crippen LogP contribution is 1.95. The van der Waals surface area contributed by atoms with Crippen LogP contribution in [0, 0.1) is 0 Å². The fraction of sp³-hybridized carbons (Fsp3) is 0.857. The second-order valence-corrected chi connectivity index (χ2v) is 2.36. The van der Waals surface area contributed by atoms with Gasteiger partial charge >= 0.3 is 0 Å². The Bertz CT molecular complexity index is 104. The summed E-state index contributed by atoms with van der Waals surface area (Å²) in [6.07, 6.45) is 1.48. The first-order valence-electron chi connectivity index (χ1n) is 3.72. The molecule has 66 valence electrons. The molecule has 0 aliphatic carbocycles. The van der Waals surface area contributed by atoms with E-state index in [1.165, 1.54) is 4.90 Å². The van der Waals surface area contributed by atoms with E-state index in [1.54, 1.807) is 0 Å². The van der Waals surface area contributed by atoms with Gasteiger partial charge in [0.05, 0.1) is 19.3 Å². The molecule has 0 bridgehead atoms. The Labute approximate surface area is 66.4 Å². The van der Waals surface area contributed by atoms with Crippen LogP contribution >= 0.6 is 0 Å². The molecule has 0 aliphatic rings. The van der Waals surface area contributed by atoms with Crippen molar-refractivity contribution in [2.45, 2.75) is 19.4 Å². The number of carbonyl (C=O) groups is 1. The number of nitrogens with zero attached hydrogens (tertiary/aromatic N) is 1. The van der Waals surface area contributed by atoms with Crippen molar-refractivity contribution in [1.29, 1.82) is 0 Å². The third-order valence-electron chi connectivity index (χ3n) is 1.51. The van der Waals surface area contributed by atoms with E-state index in [2.05, 4.69) is 0 Å². The second kappa shape index (κ2) is 6.12. The highest BCUT2D eigenvalue weighted by atomic mass is 16.3. The summed E-state index contributed by atoms with van der Waals surface area (Å²) in [5.41, 5.74) is 0. The predicted octanol–water partition coefficient (Wildman–Crippen LogP) is -0.792. The monoisotopic (exact) mass is 161 g/mol. The van der Waals surface area contributed by atoms with Crippen LogP contribution in [-0.4, -0.2) is 47.3 Å². The van der Waals surface area contributed by atoms with Crippen molar-refractivity contribution in [3.63, 3.8) is 0 Å². The molecule has 2 N–H and O–H groups in total. The molecule has 0 aromatic heterocycles. The molecule has 4 nitrogen and oxygen atoms in total. The van der Waals surface area contributed by atoms with E-state index in [9.17, 15) is 4.79 Å². The standard InChI is InChI=1S/C7H15NO3/c1-2-3-8(6-11)7(4-9)5-10/h6-7,9-10H,2-5H2,1H3. The van der Waals surface area contributed by atoms with Crippen LogP contribution in [0.5, 0.6) is 0 Å². The van der Waals surface area contributed by atoms with Gasteiger partial charge in [-0.3, -0.25) is 4.79 Å². The average molecular weight is 161 g/mol. The Morgan fingerprint density at radius 2 is 2.00 bits per heavy atom. The summed E-state index contributed by atoms with van der Waals surface area (Å²) in [6.45, 7) is 2.14. The van der Waals surface area contributed by atoms with Gasteiger partial charge in [0.1, 0.15) is 0 Å². The van der Waals surface area contributed by atoms with Gasteiger partial charge in [0.15, 0.2) is 0 Å². The highest BCUT2D eigenvalue weighted by Gasteiger charge is 2.12. The number of hydrogen-bond donors (Lipinski definition) is 2. The SMILES string of the molecule is CCCN(C=O)C(CO)CO. The van der Waals surface area contributed by atoms with Gasteiger partial charge in [-0.05, 0) is 6.42 Å².